The first kappa shape index (κ1) is 7.09. The predicted molar refractivity (Wildman–Crippen MR) is 44.6 cm³/mol. The van der Waals surface area contributed by atoms with Crippen molar-refractivity contribution >= 4 is 11.0 Å². The highest BCUT2D eigenvalue weighted by Gasteiger charge is 2.00. The summed E-state index contributed by atoms with van der Waals surface area (Å²) in [6, 6.07) is 1.88. The van der Waals surface area contributed by atoms with Crippen LogP contribution in [0.3, 0.4) is 0 Å². The van der Waals surface area contributed by atoms with Crippen molar-refractivity contribution in [1.29, 1.82) is 0 Å². The summed E-state index contributed by atoms with van der Waals surface area (Å²) in [6.07, 6.45) is 1.69. The molecule has 0 aliphatic heterocycles. The monoisotopic (exact) mass is 160 g/mol. The van der Waals surface area contributed by atoms with Gasteiger partial charge in [-0.3, -0.25) is 0 Å². The highest BCUT2D eigenvalue weighted by atomic mass is 15.1. The third kappa shape index (κ3) is 1.01. The van der Waals surface area contributed by atoms with E-state index in [0.717, 1.165) is 22.3 Å². The molecule has 0 spiro atoms. The zero-order chi connectivity index (χ0) is 8.55. The Hall–Kier alpha value is -1.58. The standard InChI is InChI=1S/C8H8N4/c1-5-4-9-11-7-3-6(2)10-12-8(5)7/h3-4H,1-2H3. The van der Waals surface area contributed by atoms with Crippen LogP contribution in [0.4, 0.5) is 0 Å². The Morgan fingerprint density at radius 3 is 2.75 bits per heavy atom. The molecule has 0 atom stereocenters. The van der Waals surface area contributed by atoms with E-state index in [2.05, 4.69) is 20.4 Å². The van der Waals surface area contributed by atoms with Crippen LogP contribution in [-0.2, 0) is 0 Å². The first-order valence-electron chi connectivity index (χ1n) is 3.70. The predicted octanol–water partition coefficient (Wildman–Crippen LogP) is 1.04. The minimum absolute atomic E-state index is 0.808. The highest BCUT2D eigenvalue weighted by Crippen LogP contribution is 2.10. The third-order valence-electron chi connectivity index (χ3n) is 1.69. The van der Waals surface area contributed by atoms with Gasteiger partial charge in [-0.25, -0.2) is 0 Å². The number of aryl methyl sites for hydroxylation is 2. The largest absolute Gasteiger partial charge is 0.158 e. The topological polar surface area (TPSA) is 51.6 Å². The van der Waals surface area contributed by atoms with E-state index in [0.29, 0.717) is 0 Å². The van der Waals surface area contributed by atoms with E-state index < -0.39 is 0 Å². The lowest BCUT2D eigenvalue weighted by Gasteiger charge is -1.97. The van der Waals surface area contributed by atoms with Crippen LogP contribution in [0.25, 0.3) is 11.0 Å². The van der Waals surface area contributed by atoms with Crippen molar-refractivity contribution in [2.24, 2.45) is 0 Å². The van der Waals surface area contributed by atoms with Crippen LogP contribution in [0.15, 0.2) is 12.3 Å². The van der Waals surface area contributed by atoms with Crippen LogP contribution in [0.2, 0.25) is 0 Å². The molecule has 2 heterocycles. The van der Waals surface area contributed by atoms with Crippen molar-refractivity contribution in [1.82, 2.24) is 20.4 Å². The summed E-state index contributed by atoms with van der Waals surface area (Å²) in [5.74, 6) is 0. The molecule has 2 rings (SSSR count). The molecule has 2 aromatic heterocycles. The van der Waals surface area contributed by atoms with Crippen LogP contribution < -0.4 is 0 Å². The number of hydrogen-bond acceptors (Lipinski definition) is 4. The summed E-state index contributed by atoms with van der Waals surface area (Å²) in [5, 5.41) is 15.8. The van der Waals surface area contributed by atoms with Crippen molar-refractivity contribution in [3.05, 3.63) is 23.5 Å². The van der Waals surface area contributed by atoms with E-state index in [4.69, 9.17) is 0 Å². The smallest absolute Gasteiger partial charge is 0.118 e. The average Bonchev–Trinajstić information content (AvgIpc) is 2.04. The summed E-state index contributed by atoms with van der Waals surface area (Å²) in [4.78, 5) is 0. The van der Waals surface area contributed by atoms with Gasteiger partial charge in [0, 0.05) is 0 Å². The lowest BCUT2D eigenvalue weighted by atomic mass is 10.2. The molecule has 0 aromatic carbocycles. The lowest BCUT2D eigenvalue weighted by molar-refractivity contribution is 0.979. The second kappa shape index (κ2) is 2.48. The summed E-state index contributed by atoms with van der Waals surface area (Å²) >= 11 is 0. The first-order chi connectivity index (χ1) is 5.77. The summed E-state index contributed by atoms with van der Waals surface area (Å²) in [6.45, 7) is 3.83. The van der Waals surface area contributed by atoms with Gasteiger partial charge >= 0.3 is 0 Å². The van der Waals surface area contributed by atoms with E-state index in [-0.39, 0.29) is 0 Å². The SMILES string of the molecule is Cc1cc2nncc(C)c2nn1. The molecule has 0 saturated heterocycles. The van der Waals surface area contributed by atoms with Crippen molar-refractivity contribution in [2.45, 2.75) is 13.8 Å². The quantitative estimate of drug-likeness (QED) is 0.577. The van der Waals surface area contributed by atoms with Crippen molar-refractivity contribution < 1.29 is 0 Å². The second-order valence-corrected chi connectivity index (χ2v) is 2.75. The normalized spacial score (nSPS) is 10.5. The molecule has 0 N–H and O–H groups in total. The molecular formula is C8H8N4. The van der Waals surface area contributed by atoms with E-state index in [1.807, 2.05) is 19.9 Å². The summed E-state index contributed by atoms with van der Waals surface area (Å²) < 4.78 is 0. The number of nitrogens with zero attached hydrogens (tertiary/aromatic N) is 4. The number of fused-ring (bicyclic) bond motifs is 1. The maximum Gasteiger partial charge on any atom is 0.118 e. The number of rotatable bonds is 0. The number of aromatic nitrogens is 4. The van der Waals surface area contributed by atoms with Crippen LogP contribution >= 0.6 is 0 Å². The Morgan fingerprint density at radius 1 is 1.08 bits per heavy atom. The van der Waals surface area contributed by atoms with Gasteiger partial charge in [0.15, 0.2) is 0 Å². The van der Waals surface area contributed by atoms with E-state index >= 15 is 0 Å². The molecule has 2 aromatic rings. The van der Waals surface area contributed by atoms with Gasteiger partial charge in [0.1, 0.15) is 11.0 Å². The van der Waals surface area contributed by atoms with Gasteiger partial charge in [0.2, 0.25) is 0 Å². The van der Waals surface area contributed by atoms with Crippen molar-refractivity contribution in [2.75, 3.05) is 0 Å². The zero-order valence-electron chi connectivity index (χ0n) is 6.94. The van der Waals surface area contributed by atoms with Crippen molar-refractivity contribution in [3.63, 3.8) is 0 Å². The Labute approximate surface area is 69.7 Å². The zero-order valence-corrected chi connectivity index (χ0v) is 6.94. The summed E-state index contributed by atoms with van der Waals surface area (Å²) in [7, 11) is 0. The fourth-order valence-corrected chi connectivity index (χ4v) is 1.07. The molecule has 0 aliphatic rings. The Morgan fingerprint density at radius 2 is 1.92 bits per heavy atom. The maximum absolute atomic E-state index is 4.03. The Bertz CT molecular complexity index is 424. The van der Waals surface area contributed by atoms with Gasteiger partial charge in [0.05, 0.1) is 11.9 Å². The second-order valence-electron chi connectivity index (χ2n) is 2.75. The van der Waals surface area contributed by atoms with Crippen LogP contribution in [0, 0.1) is 13.8 Å². The highest BCUT2D eigenvalue weighted by molar-refractivity contribution is 5.75. The summed E-state index contributed by atoms with van der Waals surface area (Å²) in [5.41, 5.74) is 3.51. The molecule has 0 aliphatic carbocycles. The van der Waals surface area contributed by atoms with Crippen LogP contribution in [-0.4, -0.2) is 20.4 Å². The minimum atomic E-state index is 0.808. The molecule has 0 fully saturated rings. The van der Waals surface area contributed by atoms with Crippen molar-refractivity contribution in [3.8, 4) is 0 Å². The number of hydrogen-bond donors (Lipinski definition) is 0. The molecule has 4 nitrogen and oxygen atoms in total. The van der Waals surface area contributed by atoms with E-state index in [1.165, 1.54) is 0 Å². The molecule has 12 heavy (non-hydrogen) atoms. The molecule has 60 valence electrons. The molecule has 0 bridgehead atoms. The molecule has 0 saturated carbocycles. The lowest BCUT2D eigenvalue weighted by Crippen LogP contribution is -1.93. The van der Waals surface area contributed by atoms with E-state index in [9.17, 15) is 0 Å². The van der Waals surface area contributed by atoms with E-state index in [1.54, 1.807) is 6.20 Å². The first-order valence-corrected chi connectivity index (χ1v) is 3.70. The van der Waals surface area contributed by atoms with Gasteiger partial charge in [-0.15, -0.1) is 10.2 Å². The van der Waals surface area contributed by atoms with Crippen LogP contribution in [0.1, 0.15) is 11.3 Å². The fourth-order valence-electron chi connectivity index (χ4n) is 1.07. The molecule has 0 unspecified atom stereocenters. The third-order valence-corrected chi connectivity index (χ3v) is 1.69. The maximum atomic E-state index is 4.03. The van der Waals surface area contributed by atoms with Gasteiger partial charge in [-0.2, -0.15) is 10.2 Å². The molecule has 0 radical (unpaired) electrons. The van der Waals surface area contributed by atoms with Gasteiger partial charge in [-0.05, 0) is 25.5 Å². The fraction of sp³-hybridized carbons (Fsp3) is 0.250. The van der Waals surface area contributed by atoms with Gasteiger partial charge < -0.3 is 0 Å². The molecule has 0 amide bonds. The molecule has 4 heteroatoms. The molecular weight excluding hydrogens is 152 g/mol. The average molecular weight is 160 g/mol. The Balaban J connectivity index is 2.86. The van der Waals surface area contributed by atoms with Gasteiger partial charge in [0.25, 0.3) is 0 Å². The minimum Gasteiger partial charge on any atom is -0.158 e. The van der Waals surface area contributed by atoms with Gasteiger partial charge in [-0.1, -0.05) is 0 Å². The van der Waals surface area contributed by atoms with Crippen LogP contribution in [0.5, 0.6) is 0 Å². The Kier molecular flexibility index (Phi) is 1.46.